The first-order valence-corrected chi connectivity index (χ1v) is 10.1. The van der Waals surface area contributed by atoms with E-state index in [1.54, 1.807) is 23.5 Å². The Morgan fingerprint density at radius 1 is 1.27 bits per heavy atom. The van der Waals surface area contributed by atoms with E-state index in [0.29, 0.717) is 17.7 Å². The van der Waals surface area contributed by atoms with Gasteiger partial charge in [-0.25, -0.2) is 9.97 Å². The number of hydrogen-bond donors (Lipinski definition) is 1. The number of anilines is 1. The van der Waals surface area contributed by atoms with E-state index in [0.717, 1.165) is 32.3 Å². The number of carbonyl (C=O) groups excluding carboxylic acids is 2. The molecule has 0 atom stereocenters. The molecule has 26 heavy (non-hydrogen) atoms. The fourth-order valence-corrected chi connectivity index (χ4v) is 5.20. The third kappa shape index (κ3) is 3.01. The molecule has 0 radical (unpaired) electrons. The van der Waals surface area contributed by atoms with Gasteiger partial charge in [0.15, 0.2) is 5.78 Å². The molecule has 4 rings (SSSR count). The lowest BCUT2D eigenvalue weighted by Gasteiger charge is -2.06. The average Bonchev–Trinajstić information content (AvgIpc) is 3.10. The fourth-order valence-electron chi connectivity index (χ4n) is 3.04. The SMILES string of the molecule is Cc1nc(SCC(=O)c2ccc3c(c2)CC(=O)N3)c2c(C)c(C)sc2n1. The summed E-state index contributed by atoms with van der Waals surface area (Å²) in [5.74, 6) is 1.03. The minimum atomic E-state index is -0.0267. The molecule has 0 unspecified atom stereocenters. The molecule has 1 amide bonds. The molecule has 132 valence electrons. The van der Waals surface area contributed by atoms with Crippen LogP contribution in [0.5, 0.6) is 0 Å². The van der Waals surface area contributed by atoms with Crippen molar-refractivity contribution < 1.29 is 9.59 Å². The lowest BCUT2D eigenvalue weighted by molar-refractivity contribution is -0.115. The topological polar surface area (TPSA) is 72.0 Å². The number of amides is 1. The average molecular weight is 383 g/mol. The van der Waals surface area contributed by atoms with Gasteiger partial charge in [0.1, 0.15) is 15.7 Å². The Morgan fingerprint density at radius 3 is 2.88 bits per heavy atom. The van der Waals surface area contributed by atoms with Crippen LogP contribution in [0.1, 0.15) is 32.2 Å². The monoisotopic (exact) mass is 383 g/mol. The maximum absolute atomic E-state index is 12.6. The van der Waals surface area contributed by atoms with Crippen LogP contribution in [0.4, 0.5) is 5.69 Å². The van der Waals surface area contributed by atoms with Crippen molar-refractivity contribution in [1.82, 2.24) is 9.97 Å². The van der Waals surface area contributed by atoms with Crippen molar-refractivity contribution in [3.05, 3.63) is 45.6 Å². The van der Waals surface area contributed by atoms with Gasteiger partial charge in [-0.3, -0.25) is 9.59 Å². The molecule has 7 heteroatoms. The zero-order chi connectivity index (χ0) is 18.4. The van der Waals surface area contributed by atoms with Crippen molar-refractivity contribution in [2.24, 2.45) is 0 Å². The number of thioether (sulfide) groups is 1. The highest BCUT2D eigenvalue weighted by molar-refractivity contribution is 8.00. The molecular formula is C19H17N3O2S2. The van der Waals surface area contributed by atoms with E-state index in [-0.39, 0.29) is 11.7 Å². The van der Waals surface area contributed by atoms with E-state index in [4.69, 9.17) is 0 Å². The normalized spacial score (nSPS) is 13.1. The number of hydrogen-bond acceptors (Lipinski definition) is 6. The number of rotatable bonds is 4. The lowest BCUT2D eigenvalue weighted by atomic mass is 10.1. The second kappa shape index (κ2) is 6.48. The van der Waals surface area contributed by atoms with E-state index in [9.17, 15) is 9.59 Å². The highest BCUT2D eigenvalue weighted by Gasteiger charge is 2.20. The Balaban J connectivity index is 1.58. The number of aromatic nitrogens is 2. The number of benzene rings is 1. The predicted molar refractivity (Wildman–Crippen MR) is 105 cm³/mol. The largest absolute Gasteiger partial charge is 0.326 e. The zero-order valence-electron chi connectivity index (χ0n) is 14.7. The third-order valence-electron chi connectivity index (χ3n) is 4.50. The summed E-state index contributed by atoms with van der Waals surface area (Å²) in [5.41, 5.74) is 3.50. The van der Waals surface area contributed by atoms with Crippen molar-refractivity contribution in [3.8, 4) is 0 Å². The van der Waals surface area contributed by atoms with Crippen LogP contribution >= 0.6 is 23.1 Å². The van der Waals surface area contributed by atoms with Crippen molar-refractivity contribution in [2.75, 3.05) is 11.1 Å². The highest BCUT2D eigenvalue weighted by Crippen LogP contribution is 2.35. The summed E-state index contributed by atoms with van der Waals surface area (Å²) in [4.78, 5) is 35.4. The van der Waals surface area contributed by atoms with E-state index in [1.807, 2.05) is 13.0 Å². The van der Waals surface area contributed by atoms with Gasteiger partial charge in [-0.05, 0) is 50.1 Å². The summed E-state index contributed by atoms with van der Waals surface area (Å²) >= 11 is 3.11. The summed E-state index contributed by atoms with van der Waals surface area (Å²) in [7, 11) is 0. The van der Waals surface area contributed by atoms with Crippen molar-refractivity contribution in [3.63, 3.8) is 0 Å². The van der Waals surface area contributed by atoms with Crippen LogP contribution < -0.4 is 5.32 Å². The van der Waals surface area contributed by atoms with Crippen molar-refractivity contribution in [2.45, 2.75) is 32.2 Å². The summed E-state index contributed by atoms with van der Waals surface area (Å²) in [6.45, 7) is 6.03. The first-order valence-electron chi connectivity index (χ1n) is 8.25. The second-order valence-corrected chi connectivity index (χ2v) is 8.52. The molecule has 1 aromatic carbocycles. The van der Waals surface area contributed by atoms with Crippen molar-refractivity contribution in [1.29, 1.82) is 0 Å². The molecule has 0 saturated carbocycles. The van der Waals surface area contributed by atoms with E-state index in [2.05, 4.69) is 29.1 Å². The molecular weight excluding hydrogens is 366 g/mol. The minimum absolute atomic E-state index is 0.0267. The first-order chi connectivity index (χ1) is 12.4. The number of nitrogens with one attached hydrogen (secondary N) is 1. The van der Waals surface area contributed by atoms with Crippen LogP contribution in [0.15, 0.2) is 23.2 Å². The molecule has 1 N–H and O–H groups in total. The Morgan fingerprint density at radius 2 is 2.08 bits per heavy atom. The molecule has 0 bridgehead atoms. The molecule has 5 nitrogen and oxygen atoms in total. The molecule has 0 saturated heterocycles. The smallest absolute Gasteiger partial charge is 0.228 e. The summed E-state index contributed by atoms with van der Waals surface area (Å²) < 4.78 is 0. The number of nitrogens with zero attached hydrogens (tertiary/aromatic N) is 2. The van der Waals surface area contributed by atoms with Crippen LogP contribution in [-0.2, 0) is 11.2 Å². The lowest BCUT2D eigenvalue weighted by Crippen LogP contribution is -2.04. The fraction of sp³-hybridized carbons (Fsp3) is 0.263. The van der Waals surface area contributed by atoms with Gasteiger partial charge in [0, 0.05) is 21.5 Å². The summed E-state index contributed by atoms with van der Waals surface area (Å²) in [6, 6.07) is 5.39. The second-order valence-electron chi connectivity index (χ2n) is 6.35. The summed E-state index contributed by atoms with van der Waals surface area (Å²) in [6.07, 6.45) is 0.336. The van der Waals surface area contributed by atoms with Crippen LogP contribution in [0.3, 0.4) is 0 Å². The van der Waals surface area contributed by atoms with E-state index >= 15 is 0 Å². The molecule has 0 aliphatic carbocycles. The van der Waals surface area contributed by atoms with Gasteiger partial charge in [0.25, 0.3) is 0 Å². The molecule has 0 fully saturated rings. The first kappa shape index (κ1) is 17.2. The highest BCUT2D eigenvalue weighted by atomic mass is 32.2. The number of fused-ring (bicyclic) bond motifs is 2. The number of ketones is 1. The van der Waals surface area contributed by atoms with Gasteiger partial charge < -0.3 is 5.32 Å². The zero-order valence-corrected chi connectivity index (χ0v) is 16.3. The number of thiophene rings is 1. The van der Waals surface area contributed by atoms with Gasteiger partial charge in [-0.2, -0.15) is 0 Å². The quantitative estimate of drug-likeness (QED) is 0.417. The number of aryl methyl sites for hydroxylation is 3. The Kier molecular flexibility index (Phi) is 4.28. The third-order valence-corrected chi connectivity index (χ3v) is 6.58. The van der Waals surface area contributed by atoms with Gasteiger partial charge in [0.05, 0.1) is 12.2 Å². The van der Waals surface area contributed by atoms with Crippen molar-refractivity contribution >= 4 is 50.7 Å². The van der Waals surface area contributed by atoms with Gasteiger partial charge in [-0.15, -0.1) is 11.3 Å². The van der Waals surface area contributed by atoms with Gasteiger partial charge in [-0.1, -0.05) is 11.8 Å². The summed E-state index contributed by atoms with van der Waals surface area (Å²) in [5, 5.41) is 4.70. The molecule has 1 aliphatic rings. The van der Waals surface area contributed by atoms with Crippen LogP contribution in [0, 0.1) is 20.8 Å². The molecule has 3 aromatic rings. The Hall–Kier alpha value is -2.25. The number of Topliss-reactive ketones (excluding diaryl/α,β-unsaturated/α-hetero) is 1. The maximum atomic E-state index is 12.6. The van der Waals surface area contributed by atoms with Gasteiger partial charge in [0.2, 0.25) is 5.91 Å². The van der Waals surface area contributed by atoms with E-state index in [1.165, 1.54) is 22.2 Å². The molecule has 0 spiro atoms. The van der Waals surface area contributed by atoms with Crippen LogP contribution in [0.25, 0.3) is 10.2 Å². The molecule has 3 heterocycles. The Labute approximate surface area is 159 Å². The minimum Gasteiger partial charge on any atom is -0.326 e. The van der Waals surface area contributed by atoms with Crippen LogP contribution in [0.2, 0.25) is 0 Å². The molecule has 2 aromatic heterocycles. The predicted octanol–water partition coefficient (Wildman–Crippen LogP) is 4.09. The standard InChI is InChI=1S/C19H17N3O2S2/c1-9-10(2)26-19-17(9)18(20-11(3)21-19)25-8-15(23)12-4-5-14-13(6-12)7-16(24)22-14/h4-6H,7-8H2,1-3H3,(H,22,24). The van der Waals surface area contributed by atoms with Gasteiger partial charge >= 0.3 is 0 Å². The maximum Gasteiger partial charge on any atom is 0.228 e. The molecule has 1 aliphatic heterocycles. The number of carbonyl (C=O) groups is 2. The van der Waals surface area contributed by atoms with E-state index < -0.39 is 0 Å². The van der Waals surface area contributed by atoms with Crippen LogP contribution in [-0.4, -0.2) is 27.4 Å². The Bertz CT molecular complexity index is 1070.